The van der Waals surface area contributed by atoms with Crippen molar-refractivity contribution < 1.29 is 18.7 Å². The van der Waals surface area contributed by atoms with E-state index in [2.05, 4.69) is 21.2 Å². The molecule has 1 atom stereocenters. The Morgan fingerprint density at radius 2 is 1.65 bits per heavy atom. The molecule has 2 N–H and O–H groups in total. The first-order valence-electron chi connectivity index (χ1n) is 5.66. The zero-order chi connectivity index (χ0) is 14.7. The van der Waals surface area contributed by atoms with Gasteiger partial charge >= 0.3 is 5.97 Å². The average Bonchev–Trinajstić information content (AvgIpc) is 2.36. The second kappa shape index (κ2) is 6.00. The number of anilines is 1. The van der Waals surface area contributed by atoms with Gasteiger partial charge in [-0.25, -0.2) is 13.6 Å². The van der Waals surface area contributed by atoms with Gasteiger partial charge in [0.05, 0.1) is 0 Å². The van der Waals surface area contributed by atoms with E-state index in [4.69, 9.17) is 0 Å². The average molecular weight is 342 g/mol. The van der Waals surface area contributed by atoms with Crippen LogP contribution >= 0.6 is 15.9 Å². The molecular weight excluding hydrogens is 332 g/mol. The van der Waals surface area contributed by atoms with Crippen LogP contribution in [0.3, 0.4) is 0 Å². The highest BCUT2D eigenvalue weighted by atomic mass is 79.9. The van der Waals surface area contributed by atoms with E-state index in [1.807, 2.05) is 0 Å². The van der Waals surface area contributed by atoms with Gasteiger partial charge in [0, 0.05) is 16.2 Å². The Morgan fingerprint density at radius 3 is 2.15 bits per heavy atom. The highest BCUT2D eigenvalue weighted by molar-refractivity contribution is 9.10. The molecule has 0 aliphatic carbocycles. The summed E-state index contributed by atoms with van der Waals surface area (Å²) in [4.78, 5) is 11.3. The van der Waals surface area contributed by atoms with Gasteiger partial charge in [-0.05, 0) is 42.0 Å². The van der Waals surface area contributed by atoms with Crippen molar-refractivity contribution in [3.63, 3.8) is 0 Å². The molecule has 1 unspecified atom stereocenters. The van der Waals surface area contributed by atoms with Gasteiger partial charge in [-0.15, -0.1) is 0 Å². The van der Waals surface area contributed by atoms with Gasteiger partial charge in [0.15, 0.2) is 6.04 Å². The summed E-state index contributed by atoms with van der Waals surface area (Å²) < 4.78 is 27.2. The monoisotopic (exact) mass is 341 g/mol. The molecule has 0 radical (unpaired) electrons. The van der Waals surface area contributed by atoms with Crippen LogP contribution < -0.4 is 5.32 Å². The lowest BCUT2D eigenvalue weighted by molar-refractivity contribution is -0.138. The maximum absolute atomic E-state index is 13.2. The van der Waals surface area contributed by atoms with Gasteiger partial charge in [0.25, 0.3) is 0 Å². The largest absolute Gasteiger partial charge is 0.479 e. The second-order valence-corrected chi connectivity index (χ2v) is 5.04. The fourth-order valence-corrected chi connectivity index (χ4v) is 2.01. The minimum atomic E-state index is -1.23. The van der Waals surface area contributed by atoms with Gasteiger partial charge in [0.2, 0.25) is 0 Å². The highest BCUT2D eigenvalue weighted by Crippen LogP contribution is 2.23. The van der Waals surface area contributed by atoms with E-state index in [-0.39, 0.29) is 5.56 Å². The van der Waals surface area contributed by atoms with Crippen LogP contribution in [0.1, 0.15) is 11.6 Å². The van der Waals surface area contributed by atoms with Crippen LogP contribution in [0.4, 0.5) is 14.5 Å². The molecule has 0 aliphatic rings. The molecule has 0 heterocycles. The number of halogens is 3. The lowest BCUT2D eigenvalue weighted by atomic mass is 10.1. The molecule has 20 heavy (non-hydrogen) atoms. The molecule has 0 spiro atoms. The quantitative estimate of drug-likeness (QED) is 0.884. The molecule has 2 aromatic rings. The molecule has 0 fully saturated rings. The highest BCUT2D eigenvalue weighted by Gasteiger charge is 2.21. The van der Waals surface area contributed by atoms with Crippen molar-refractivity contribution in [2.75, 3.05) is 5.32 Å². The molecule has 0 aliphatic heterocycles. The molecule has 0 amide bonds. The van der Waals surface area contributed by atoms with Crippen LogP contribution in [0.2, 0.25) is 0 Å². The van der Waals surface area contributed by atoms with Gasteiger partial charge < -0.3 is 10.4 Å². The number of carbonyl (C=O) groups is 1. The molecule has 6 heteroatoms. The maximum Gasteiger partial charge on any atom is 0.330 e. The molecule has 0 saturated heterocycles. The van der Waals surface area contributed by atoms with Crippen LogP contribution in [0.15, 0.2) is 46.9 Å². The van der Waals surface area contributed by atoms with Gasteiger partial charge in [-0.3, -0.25) is 0 Å². The fraction of sp³-hybridized carbons (Fsp3) is 0.0714. The Kier molecular flexibility index (Phi) is 4.34. The van der Waals surface area contributed by atoms with Crippen molar-refractivity contribution in [1.82, 2.24) is 0 Å². The van der Waals surface area contributed by atoms with Crippen LogP contribution in [0, 0.1) is 11.6 Å². The predicted octanol–water partition coefficient (Wildman–Crippen LogP) is 3.97. The Hall–Kier alpha value is -1.95. The van der Waals surface area contributed by atoms with Crippen LogP contribution in [0.25, 0.3) is 0 Å². The van der Waals surface area contributed by atoms with E-state index in [9.17, 15) is 18.7 Å². The summed E-state index contributed by atoms with van der Waals surface area (Å²) in [6.07, 6.45) is 0. The third-order valence-electron chi connectivity index (χ3n) is 2.62. The predicted molar refractivity (Wildman–Crippen MR) is 74.5 cm³/mol. The van der Waals surface area contributed by atoms with Crippen LogP contribution in [-0.2, 0) is 4.79 Å². The maximum atomic E-state index is 13.2. The minimum absolute atomic E-state index is 0.0120. The van der Waals surface area contributed by atoms with Crippen molar-refractivity contribution in [3.8, 4) is 0 Å². The van der Waals surface area contributed by atoms with Crippen molar-refractivity contribution in [2.24, 2.45) is 0 Å². The molecular formula is C14H10BrF2NO2. The Labute approximate surface area is 122 Å². The van der Waals surface area contributed by atoms with Crippen LogP contribution in [0.5, 0.6) is 0 Å². The van der Waals surface area contributed by atoms with Crippen molar-refractivity contribution >= 4 is 27.6 Å². The van der Waals surface area contributed by atoms with E-state index in [0.717, 1.165) is 16.6 Å². The molecule has 0 saturated carbocycles. The summed E-state index contributed by atoms with van der Waals surface area (Å²) in [6.45, 7) is 0. The molecule has 104 valence electrons. The molecule has 3 nitrogen and oxygen atoms in total. The number of carboxylic acids is 1. The van der Waals surface area contributed by atoms with E-state index >= 15 is 0 Å². The topological polar surface area (TPSA) is 49.3 Å². The first-order chi connectivity index (χ1) is 9.45. The zero-order valence-electron chi connectivity index (χ0n) is 10.1. The number of benzene rings is 2. The van der Waals surface area contributed by atoms with E-state index in [0.29, 0.717) is 11.8 Å². The summed E-state index contributed by atoms with van der Waals surface area (Å²) in [5.74, 6) is -2.86. The molecule has 0 aromatic heterocycles. The summed E-state index contributed by atoms with van der Waals surface area (Å²) in [6, 6.07) is 8.23. The fourth-order valence-electron chi connectivity index (χ4n) is 1.74. The van der Waals surface area contributed by atoms with E-state index in [1.54, 1.807) is 24.3 Å². The molecule has 2 aromatic carbocycles. The SMILES string of the molecule is O=C(O)C(Nc1ccc(Br)cc1)c1cc(F)cc(F)c1. The number of nitrogens with one attached hydrogen (secondary N) is 1. The lowest BCUT2D eigenvalue weighted by Gasteiger charge is -2.16. The summed E-state index contributed by atoms with van der Waals surface area (Å²) in [5.41, 5.74) is 0.545. The standard InChI is InChI=1S/C14H10BrF2NO2/c15-9-1-3-12(4-2-9)18-13(14(19)20)8-5-10(16)7-11(17)6-8/h1-7,13,18H,(H,19,20). The third-order valence-corrected chi connectivity index (χ3v) is 3.15. The van der Waals surface area contributed by atoms with Crippen molar-refractivity contribution in [1.29, 1.82) is 0 Å². The third kappa shape index (κ3) is 3.54. The first-order valence-corrected chi connectivity index (χ1v) is 6.46. The Balaban J connectivity index is 2.31. The Bertz CT molecular complexity index is 611. The number of hydrogen-bond acceptors (Lipinski definition) is 2. The van der Waals surface area contributed by atoms with Crippen molar-refractivity contribution in [2.45, 2.75) is 6.04 Å². The minimum Gasteiger partial charge on any atom is -0.479 e. The summed E-state index contributed by atoms with van der Waals surface area (Å²) in [7, 11) is 0. The smallest absolute Gasteiger partial charge is 0.330 e. The van der Waals surface area contributed by atoms with Crippen LogP contribution in [-0.4, -0.2) is 11.1 Å². The lowest BCUT2D eigenvalue weighted by Crippen LogP contribution is -2.20. The van der Waals surface area contributed by atoms with E-state index in [1.165, 1.54) is 0 Å². The second-order valence-electron chi connectivity index (χ2n) is 4.13. The van der Waals surface area contributed by atoms with Gasteiger partial charge in [-0.1, -0.05) is 15.9 Å². The summed E-state index contributed by atoms with van der Waals surface area (Å²) in [5, 5.41) is 11.9. The first kappa shape index (κ1) is 14.5. The van der Waals surface area contributed by atoms with Crippen molar-refractivity contribution in [3.05, 3.63) is 64.1 Å². The number of aliphatic carboxylic acids is 1. The Morgan fingerprint density at radius 1 is 1.10 bits per heavy atom. The molecule has 0 bridgehead atoms. The van der Waals surface area contributed by atoms with Gasteiger partial charge in [0.1, 0.15) is 11.6 Å². The molecule has 2 rings (SSSR count). The zero-order valence-corrected chi connectivity index (χ0v) is 11.7. The normalized spacial score (nSPS) is 11.9. The van der Waals surface area contributed by atoms with E-state index < -0.39 is 23.6 Å². The van der Waals surface area contributed by atoms with Gasteiger partial charge in [-0.2, -0.15) is 0 Å². The summed E-state index contributed by atoms with van der Waals surface area (Å²) >= 11 is 3.26. The number of rotatable bonds is 4. The number of hydrogen-bond donors (Lipinski definition) is 2. The number of carboxylic acid groups (broad SMARTS) is 1.